The molecule has 0 bridgehead atoms. The van der Waals surface area contributed by atoms with Gasteiger partial charge in [-0.2, -0.15) is 0 Å². The highest BCUT2D eigenvalue weighted by Gasteiger charge is 2.17. The molecule has 116 valence electrons. The Morgan fingerprint density at radius 1 is 1.29 bits per heavy atom. The van der Waals surface area contributed by atoms with E-state index >= 15 is 0 Å². The molecule has 0 unspecified atom stereocenters. The van der Waals surface area contributed by atoms with E-state index in [1.165, 1.54) is 5.56 Å². The number of nitrogens with two attached hydrogens (primary N) is 1. The number of aliphatic hydroxyl groups excluding tert-OH is 1. The smallest absolute Gasteiger partial charge is 0.129 e. The standard InChI is InChI=1S/C15H23N3O2S/c1-20-14-10-12(2-3-13(14)15(16)21)11-18-6-4-17(5-7-18)8-9-19/h2-3,10,19H,4-9,11H2,1H3,(H2,16,21). The van der Waals surface area contributed by atoms with Crippen molar-refractivity contribution in [2.75, 3.05) is 46.4 Å². The summed E-state index contributed by atoms with van der Waals surface area (Å²) >= 11 is 5.02. The molecule has 0 radical (unpaired) electrons. The number of benzene rings is 1. The number of aliphatic hydroxyl groups is 1. The predicted octanol–water partition coefficient (Wildman–Crippen LogP) is 0.439. The van der Waals surface area contributed by atoms with E-state index in [9.17, 15) is 0 Å². The molecule has 1 aromatic carbocycles. The fraction of sp³-hybridized carbons (Fsp3) is 0.533. The fourth-order valence-corrected chi connectivity index (χ4v) is 2.78. The largest absolute Gasteiger partial charge is 0.496 e. The van der Waals surface area contributed by atoms with Crippen LogP contribution in [0.5, 0.6) is 5.75 Å². The normalized spacial score (nSPS) is 16.9. The fourth-order valence-electron chi connectivity index (χ4n) is 2.61. The van der Waals surface area contributed by atoms with E-state index in [0.717, 1.165) is 50.6 Å². The molecular formula is C15H23N3O2S. The van der Waals surface area contributed by atoms with Gasteiger partial charge in [-0.15, -0.1) is 0 Å². The van der Waals surface area contributed by atoms with Crippen LogP contribution in [0.4, 0.5) is 0 Å². The van der Waals surface area contributed by atoms with Crippen LogP contribution >= 0.6 is 12.2 Å². The SMILES string of the molecule is COc1cc(CN2CCN(CCO)CC2)ccc1C(N)=S. The van der Waals surface area contributed by atoms with Crippen molar-refractivity contribution in [3.8, 4) is 5.75 Å². The third-order valence-electron chi connectivity index (χ3n) is 3.82. The number of hydrogen-bond acceptors (Lipinski definition) is 5. The van der Waals surface area contributed by atoms with Crippen molar-refractivity contribution >= 4 is 17.2 Å². The summed E-state index contributed by atoms with van der Waals surface area (Å²) in [5, 5.41) is 8.96. The highest BCUT2D eigenvalue weighted by atomic mass is 32.1. The van der Waals surface area contributed by atoms with E-state index in [2.05, 4.69) is 15.9 Å². The lowest BCUT2D eigenvalue weighted by Crippen LogP contribution is -2.46. The van der Waals surface area contributed by atoms with Crippen molar-refractivity contribution in [3.63, 3.8) is 0 Å². The van der Waals surface area contributed by atoms with E-state index in [0.29, 0.717) is 4.99 Å². The summed E-state index contributed by atoms with van der Waals surface area (Å²) in [5.41, 5.74) is 7.66. The van der Waals surface area contributed by atoms with Crippen molar-refractivity contribution in [2.24, 2.45) is 5.73 Å². The van der Waals surface area contributed by atoms with Gasteiger partial charge in [-0.3, -0.25) is 9.80 Å². The lowest BCUT2D eigenvalue weighted by atomic mass is 10.1. The van der Waals surface area contributed by atoms with Crippen LogP contribution in [0.2, 0.25) is 0 Å². The minimum atomic E-state index is 0.234. The summed E-state index contributed by atoms with van der Waals surface area (Å²) in [4.78, 5) is 5.05. The van der Waals surface area contributed by atoms with E-state index in [1.54, 1.807) is 7.11 Å². The molecule has 1 aliphatic rings. The topological polar surface area (TPSA) is 62.0 Å². The van der Waals surface area contributed by atoms with Crippen LogP contribution in [0.1, 0.15) is 11.1 Å². The summed E-state index contributed by atoms with van der Waals surface area (Å²) in [6, 6.07) is 5.99. The molecule has 1 aromatic rings. The number of β-amino-alcohol motifs (C(OH)–C–C–N with tert-alkyl or cyclic N) is 1. The van der Waals surface area contributed by atoms with E-state index in [4.69, 9.17) is 27.8 Å². The molecule has 2 rings (SSSR count). The molecule has 1 heterocycles. The lowest BCUT2D eigenvalue weighted by molar-refractivity contribution is 0.108. The molecule has 21 heavy (non-hydrogen) atoms. The Labute approximate surface area is 131 Å². The predicted molar refractivity (Wildman–Crippen MR) is 87.7 cm³/mol. The molecule has 1 aliphatic heterocycles. The Hall–Kier alpha value is -1.21. The van der Waals surface area contributed by atoms with Gasteiger partial charge in [0.05, 0.1) is 19.3 Å². The molecule has 0 aliphatic carbocycles. The van der Waals surface area contributed by atoms with Crippen LogP contribution in [-0.4, -0.2) is 66.3 Å². The van der Waals surface area contributed by atoms with Crippen LogP contribution in [0.15, 0.2) is 18.2 Å². The van der Waals surface area contributed by atoms with Gasteiger partial charge in [0, 0.05) is 39.3 Å². The lowest BCUT2D eigenvalue weighted by Gasteiger charge is -2.34. The molecule has 1 fully saturated rings. The number of hydrogen-bond donors (Lipinski definition) is 2. The van der Waals surface area contributed by atoms with Gasteiger partial charge < -0.3 is 15.6 Å². The summed E-state index contributed by atoms with van der Waals surface area (Å²) in [7, 11) is 1.63. The number of methoxy groups -OCH3 is 1. The van der Waals surface area contributed by atoms with Gasteiger partial charge in [-0.25, -0.2) is 0 Å². The first kappa shape index (κ1) is 16.2. The average molecular weight is 309 g/mol. The molecule has 3 N–H and O–H groups in total. The summed E-state index contributed by atoms with van der Waals surface area (Å²) < 4.78 is 5.36. The Kier molecular flexibility index (Phi) is 5.93. The average Bonchev–Trinajstić information content (AvgIpc) is 2.49. The van der Waals surface area contributed by atoms with Gasteiger partial charge in [0.1, 0.15) is 10.7 Å². The van der Waals surface area contributed by atoms with Crippen molar-refractivity contribution in [1.29, 1.82) is 0 Å². The van der Waals surface area contributed by atoms with Crippen LogP contribution < -0.4 is 10.5 Å². The van der Waals surface area contributed by atoms with Crippen LogP contribution in [0.3, 0.4) is 0 Å². The zero-order valence-electron chi connectivity index (χ0n) is 12.4. The number of piperazine rings is 1. The molecule has 0 atom stereocenters. The minimum absolute atomic E-state index is 0.234. The second kappa shape index (κ2) is 7.70. The highest BCUT2D eigenvalue weighted by Crippen LogP contribution is 2.21. The van der Waals surface area contributed by atoms with E-state index in [-0.39, 0.29) is 6.61 Å². The molecular weight excluding hydrogens is 286 g/mol. The van der Waals surface area contributed by atoms with Gasteiger partial charge in [0.15, 0.2) is 0 Å². The minimum Gasteiger partial charge on any atom is -0.496 e. The van der Waals surface area contributed by atoms with Gasteiger partial charge in [0.2, 0.25) is 0 Å². The molecule has 0 saturated carbocycles. The zero-order valence-corrected chi connectivity index (χ0v) is 13.2. The van der Waals surface area contributed by atoms with Crippen molar-refractivity contribution in [3.05, 3.63) is 29.3 Å². The molecule has 0 aromatic heterocycles. The maximum absolute atomic E-state index is 8.96. The second-order valence-corrected chi connectivity index (χ2v) is 5.68. The van der Waals surface area contributed by atoms with E-state index in [1.807, 2.05) is 12.1 Å². The van der Waals surface area contributed by atoms with Crippen LogP contribution in [-0.2, 0) is 6.54 Å². The van der Waals surface area contributed by atoms with Crippen LogP contribution in [0, 0.1) is 0 Å². The molecule has 5 nitrogen and oxygen atoms in total. The van der Waals surface area contributed by atoms with Gasteiger partial charge in [-0.1, -0.05) is 18.3 Å². The van der Waals surface area contributed by atoms with Crippen molar-refractivity contribution in [1.82, 2.24) is 9.80 Å². The summed E-state index contributed by atoms with van der Waals surface area (Å²) in [5.74, 6) is 0.735. The molecule has 0 amide bonds. The summed E-state index contributed by atoms with van der Waals surface area (Å²) in [6.45, 7) is 5.92. The van der Waals surface area contributed by atoms with Crippen molar-refractivity contribution < 1.29 is 9.84 Å². The van der Waals surface area contributed by atoms with Crippen LogP contribution in [0.25, 0.3) is 0 Å². The highest BCUT2D eigenvalue weighted by molar-refractivity contribution is 7.80. The maximum Gasteiger partial charge on any atom is 0.129 e. The molecule has 1 saturated heterocycles. The van der Waals surface area contributed by atoms with E-state index < -0.39 is 0 Å². The van der Waals surface area contributed by atoms with Gasteiger partial charge in [0.25, 0.3) is 0 Å². The first-order valence-electron chi connectivity index (χ1n) is 7.16. The maximum atomic E-state index is 8.96. The Morgan fingerprint density at radius 2 is 1.95 bits per heavy atom. The number of thiocarbonyl (C=S) groups is 1. The quantitative estimate of drug-likeness (QED) is 0.744. The van der Waals surface area contributed by atoms with Crippen molar-refractivity contribution in [2.45, 2.75) is 6.54 Å². The van der Waals surface area contributed by atoms with Gasteiger partial charge >= 0.3 is 0 Å². The second-order valence-electron chi connectivity index (χ2n) is 5.24. The first-order chi connectivity index (χ1) is 10.1. The Balaban J connectivity index is 1.96. The molecule has 6 heteroatoms. The summed E-state index contributed by atoms with van der Waals surface area (Å²) in [6.07, 6.45) is 0. The zero-order chi connectivity index (χ0) is 15.2. The Bertz CT molecular complexity index is 488. The van der Waals surface area contributed by atoms with Gasteiger partial charge in [-0.05, 0) is 17.7 Å². The third kappa shape index (κ3) is 4.38. The monoisotopic (exact) mass is 309 g/mol. The number of ether oxygens (including phenoxy) is 1. The number of rotatable bonds is 6. The first-order valence-corrected chi connectivity index (χ1v) is 7.57. The molecule has 0 spiro atoms. The Morgan fingerprint density at radius 3 is 2.52 bits per heavy atom. The number of nitrogens with zero attached hydrogens (tertiary/aromatic N) is 2. The third-order valence-corrected chi connectivity index (χ3v) is 4.04.